The zero-order valence-corrected chi connectivity index (χ0v) is 6.66. The Balaban J connectivity index is 4.70. The molecular weight excluding hydrogens is 154 g/mol. The Morgan fingerprint density at radius 3 is 2.17 bits per heavy atom. The van der Waals surface area contributed by atoms with Crippen LogP contribution in [0, 0.1) is 0 Å². The third-order valence-electron chi connectivity index (χ3n) is 1.18. The second kappa shape index (κ2) is 4.96. The Labute approximate surface area is 71.2 Å². The largest absolute Gasteiger partial charge is 0.478 e. The van der Waals surface area contributed by atoms with Gasteiger partial charge in [-0.15, -0.1) is 0 Å². The molecule has 3 nitrogen and oxygen atoms in total. The molecule has 0 saturated heterocycles. The van der Waals surface area contributed by atoms with E-state index in [4.69, 9.17) is 10.8 Å². The molecule has 3 heteroatoms. The number of nitrogens with two attached hydrogens (primary N) is 1. The van der Waals surface area contributed by atoms with E-state index in [2.05, 4.69) is 13.2 Å². The van der Waals surface area contributed by atoms with Crippen LogP contribution in [0.3, 0.4) is 0 Å². The predicted octanol–water partition coefficient (Wildman–Crippen LogP) is 1.21. The summed E-state index contributed by atoms with van der Waals surface area (Å²) in [6, 6.07) is 0. The Morgan fingerprint density at radius 1 is 1.25 bits per heavy atom. The van der Waals surface area contributed by atoms with E-state index in [1.165, 1.54) is 18.2 Å². The molecule has 0 radical (unpaired) electrons. The summed E-state index contributed by atoms with van der Waals surface area (Å²) in [5.41, 5.74) is 6.41. The van der Waals surface area contributed by atoms with E-state index in [1.807, 2.05) is 0 Å². The lowest BCUT2D eigenvalue weighted by atomic mass is 10.2. The first-order chi connectivity index (χ1) is 5.61. The third-order valence-corrected chi connectivity index (χ3v) is 1.18. The lowest BCUT2D eigenvalue weighted by molar-refractivity contribution is -0.131. The molecule has 0 aromatic rings. The van der Waals surface area contributed by atoms with E-state index >= 15 is 0 Å². The summed E-state index contributed by atoms with van der Waals surface area (Å²) in [7, 11) is 0. The maximum atomic E-state index is 10.1. The Hall–Kier alpha value is -1.77. The van der Waals surface area contributed by atoms with E-state index in [9.17, 15) is 4.79 Å². The van der Waals surface area contributed by atoms with Crippen LogP contribution in [0.25, 0.3) is 0 Å². The second-order valence-corrected chi connectivity index (χ2v) is 1.99. The topological polar surface area (TPSA) is 63.3 Å². The van der Waals surface area contributed by atoms with E-state index in [1.54, 1.807) is 0 Å². The number of aliphatic carboxylic acids is 1. The molecular formula is C9H11NO2. The van der Waals surface area contributed by atoms with Crippen LogP contribution in [0.1, 0.15) is 0 Å². The van der Waals surface area contributed by atoms with Crippen LogP contribution in [0.2, 0.25) is 0 Å². The average Bonchev–Trinajstić information content (AvgIpc) is 2.04. The van der Waals surface area contributed by atoms with Gasteiger partial charge in [-0.1, -0.05) is 19.2 Å². The number of hydrogen-bond donors (Lipinski definition) is 2. The van der Waals surface area contributed by atoms with Gasteiger partial charge in [0.15, 0.2) is 0 Å². The maximum Gasteiger partial charge on any atom is 0.328 e. The van der Waals surface area contributed by atoms with Crippen LogP contribution in [0.5, 0.6) is 0 Å². The minimum absolute atomic E-state index is 0.405. The number of allylic oxidation sites excluding steroid dienone is 4. The fraction of sp³-hybridized carbons (Fsp3) is 0. The van der Waals surface area contributed by atoms with E-state index in [0.717, 1.165) is 6.08 Å². The van der Waals surface area contributed by atoms with Crippen molar-refractivity contribution in [1.29, 1.82) is 0 Å². The Kier molecular flexibility index (Phi) is 4.23. The number of carbonyl (C=O) groups is 1. The Morgan fingerprint density at radius 2 is 1.83 bits per heavy atom. The van der Waals surface area contributed by atoms with Gasteiger partial charge in [0.05, 0.1) is 0 Å². The molecule has 0 fully saturated rings. The first-order valence-electron chi connectivity index (χ1n) is 3.27. The second-order valence-electron chi connectivity index (χ2n) is 1.99. The molecule has 0 aliphatic rings. The van der Waals surface area contributed by atoms with Gasteiger partial charge < -0.3 is 10.8 Å². The fourth-order valence-electron chi connectivity index (χ4n) is 0.561. The molecule has 0 aliphatic carbocycles. The van der Waals surface area contributed by atoms with Crippen molar-refractivity contribution in [3.63, 3.8) is 0 Å². The summed E-state index contributed by atoms with van der Waals surface area (Å²) in [5.74, 6) is -1.02. The van der Waals surface area contributed by atoms with E-state index in [0.29, 0.717) is 11.3 Å². The Bertz CT molecular complexity index is 262. The van der Waals surface area contributed by atoms with Crippen molar-refractivity contribution in [2.75, 3.05) is 0 Å². The van der Waals surface area contributed by atoms with Gasteiger partial charge in [-0.05, 0) is 17.7 Å². The SMILES string of the molecule is C=C/C(N)=C(C=C)/C=C/C(=O)O. The molecule has 64 valence electrons. The smallest absolute Gasteiger partial charge is 0.328 e. The van der Waals surface area contributed by atoms with Crippen molar-refractivity contribution < 1.29 is 9.90 Å². The highest BCUT2D eigenvalue weighted by Crippen LogP contribution is 2.02. The van der Waals surface area contributed by atoms with Crippen molar-refractivity contribution in [3.8, 4) is 0 Å². The van der Waals surface area contributed by atoms with Crippen molar-refractivity contribution in [2.45, 2.75) is 0 Å². The van der Waals surface area contributed by atoms with Gasteiger partial charge in [0.2, 0.25) is 0 Å². The molecule has 0 aromatic heterocycles. The molecule has 0 bridgehead atoms. The summed E-state index contributed by atoms with van der Waals surface area (Å²) in [4.78, 5) is 10.1. The van der Waals surface area contributed by atoms with Gasteiger partial charge in [0, 0.05) is 11.8 Å². The van der Waals surface area contributed by atoms with Crippen molar-refractivity contribution in [3.05, 3.63) is 48.7 Å². The molecule has 0 aromatic carbocycles. The highest BCUT2D eigenvalue weighted by Gasteiger charge is 1.92. The summed E-state index contributed by atoms with van der Waals surface area (Å²) in [6.45, 7) is 6.92. The minimum atomic E-state index is -1.02. The molecule has 0 heterocycles. The molecule has 0 rings (SSSR count). The van der Waals surface area contributed by atoms with Crippen LogP contribution in [-0.2, 0) is 4.79 Å². The standard InChI is InChI=1S/C9H11NO2/c1-3-7(8(10)4-2)5-6-9(11)12/h3-6H,1-2,10H2,(H,11,12)/b6-5+,8-7-. The highest BCUT2D eigenvalue weighted by molar-refractivity contribution is 5.80. The number of carboxylic acid groups (broad SMARTS) is 1. The van der Waals surface area contributed by atoms with Gasteiger partial charge in [-0.25, -0.2) is 4.79 Å². The van der Waals surface area contributed by atoms with Crippen molar-refractivity contribution in [2.24, 2.45) is 5.73 Å². The van der Waals surface area contributed by atoms with Gasteiger partial charge in [0.25, 0.3) is 0 Å². The molecule has 12 heavy (non-hydrogen) atoms. The normalized spacial score (nSPS) is 12.3. The number of carboxylic acids is 1. The molecule has 0 aliphatic heterocycles. The summed E-state index contributed by atoms with van der Waals surface area (Å²) in [5, 5.41) is 8.30. The highest BCUT2D eigenvalue weighted by atomic mass is 16.4. The van der Waals surface area contributed by atoms with Gasteiger partial charge in [0.1, 0.15) is 0 Å². The van der Waals surface area contributed by atoms with Crippen molar-refractivity contribution >= 4 is 5.97 Å². The molecule has 0 spiro atoms. The molecule has 0 atom stereocenters. The lowest BCUT2D eigenvalue weighted by Crippen LogP contribution is -1.96. The number of rotatable bonds is 4. The molecule has 0 unspecified atom stereocenters. The summed E-state index contributed by atoms with van der Waals surface area (Å²) in [6.07, 6.45) is 5.26. The zero-order chi connectivity index (χ0) is 9.56. The lowest BCUT2D eigenvalue weighted by Gasteiger charge is -1.96. The predicted molar refractivity (Wildman–Crippen MR) is 48.4 cm³/mol. The summed E-state index contributed by atoms with van der Waals surface area (Å²) < 4.78 is 0. The zero-order valence-electron chi connectivity index (χ0n) is 6.66. The molecule has 0 amide bonds. The third kappa shape index (κ3) is 3.41. The van der Waals surface area contributed by atoms with E-state index in [-0.39, 0.29) is 0 Å². The van der Waals surface area contributed by atoms with Gasteiger partial charge in [-0.3, -0.25) is 0 Å². The number of hydrogen-bond acceptors (Lipinski definition) is 2. The van der Waals surface area contributed by atoms with Crippen LogP contribution in [-0.4, -0.2) is 11.1 Å². The van der Waals surface area contributed by atoms with Crippen LogP contribution in [0.15, 0.2) is 48.7 Å². The minimum Gasteiger partial charge on any atom is -0.478 e. The first-order valence-corrected chi connectivity index (χ1v) is 3.27. The fourth-order valence-corrected chi connectivity index (χ4v) is 0.561. The quantitative estimate of drug-likeness (QED) is 0.486. The van der Waals surface area contributed by atoms with Crippen LogP contribution in [0.4, 0.5) is 0 Å². The van der Waals surface area contributed by atoms with Crippen molar-refractivity contribution in [1.82, 2.24) is 0 Å². The average molecular weight is 165 g/mol. The van der Waals surface area contributed by atoms with Crippen LogP contribution < -0.4 is 5.73 Å². The van der Waals surface area contributed by atoms with Crippen LogP contribution >= 0.6 is 0 Å². The molecule has 3 N–H and O–H groups in total. The maximum absolute atomic E-state index is 10.1. The van der Waals surface area contributed by atoms with Gasteiger partial charge >= 0.3 is 5.97 Å². The first kappa shape index (κ1) is 10.2. The molecule has 0 saturated carbocycles. The monoisotopic (exact) mass is 165 g/mol. The summed E-state index contributed by atoms with van der Waals surface area (Å²) >= 11 is 0. The van der Waals surface area contributed by atoms with Gasteiger partial charge in [-0.2, -0.15) is 0 Å². The van der Waals surface area contributed by atoms with E-state index < -0.39 is 5.97 Å².